The normalized spacial score (nSPS) is 9.80. The van der Waals surface area contributed by atoms with E-state index in [1.165, 1.54) is 5.56 Å². The Morgan fingerprint density at radius 3 is 2.47 bits per heavy atom. The summed E-state index contributed by atoms with van der Waals surface area (Å²) in [5.41, 5.74) is 2.38. The smallest absolute Gasteiger partial charge is 0.173 e. The van der Waals surface area contributed by atoms with Gasteiger partial charge in [0.2, 0.25) is 0 Å². The molecule has 0 aromatic heterocycles. The largest absolute Gasteiger partial charge is 0.362 e. The number of anilines is 1. The zero-order valence-electron chi connectivity index (χ0n) is 9.58. The summed E-state index contributed by atoms with van der Waals surface area (Å²) in [5.74, 6) is 0. The van der Waals surface area contributed by atoms with E-state index >= 15 is 0 Å². The molecule has 1 aromatic rings. The van der Waals surface area contributed by atoms with E-state index < -0.39 is 0 Å². The molecule has 0 atom stereocenters. The van der Waals surface area contributed by atoms with Gasteiger partial charge in [-0.15, -0.1) is 0 Å². The van der Waals surface area contributed by atoms with Crippen molar-refractivity contribution >= 4 is 23.0 Å². The van der Waals surface area contributed by atoms with Crippen LogP contribution in [0.4, 0.5) is 5.69 Å². The SMILES string of the molecule is CCCNC(=S)N(C)c1ccc(C)cc1. The molecule has 0 amide bonds. The van der Waals surface area contributed by atoms with Crippen LogP contribution in [0.3, 0.4) is 0 Å². The molecule has 0 aliphatic heterocycles. The third kappa shape index (κ3) is 3.51. The summed E-state index contributed by atoms with van der Waals surface area (Å²) >= 11 is 5.27. The number of rotatable bonds is 3. The highest BCUT2D eigenvalue weighted by atomic mass is 32.1. The molecular weight excluding hydrogens is 204 g/mol. The van der Waals surface area contributed by atoms with Gasteiger partial charge in [0.05, 0.1) is 0 Å². The first-order chi connectivity index (χ1) is 7.15. The van der Waals surface area contributed by atoms with Crippen LogP contribution in [-0.4, -0.2) is 18.7 Å². The lowest BCUT2D eigenvalue weighted by Gasteiger charge is -2.21. The van der Waals surface area contributed by atoms with Crippen LogP contribution in [0, 0.1) is 6.92 Å². The molecule has 0 aliphatic rings. The standard InChI is InChI=1S/C12H18N2S/c1-4-9-13-12(15)14(3)11-7-5-10(2)6-8-11/h5-8H,4,9H2,1-3H3,(H,13,15). The Hall–Kier alpha value is -1.09. The zero-order valence-corrected chi connectivity index (χ0v) is 10.4. The van der Waals surface area contributed by atoms with E-state index in [0.717, 1.165) is 23.8 Å². The molecule has 3 heteroatoms. The minimum absolute atomic E-state index is 0.778. The van der Waals surface area contributed by atoms with Crippen LogP contribution >= 0.6 is 12.2 Å². The predicted octanol–water partition coefficient (Wildman–Crippen LogP) is 2.72. The molecule has 1 rings (SSSR count). The van der Waals surface area contributed by atoms with Gasteiger partial charge in [0, 0.05) is 19.3 Å². The highest BCUT2D eigenvalue weighted by Gasteiger charge is 2.04. The van der Waals surface area contributed by atoms with E-state index in [0.29, 0.717) is 0 Å². The van der Waals surface area contributed by atoms with Gasteiger partial charge in [0.15, 0.2) is 5.11 Å². The van der Waals surface area contributed by atoms with Crippen molar-refractivity contribution in [3.63, 3.8) is 0 Å². The Morgan fingerprint density at radius 2 is 1.93 bits per heavy atom. The van der Waals surface area contributed by atoms with Crippen LogP contribution in [0.5, 0.6) is 0 Å². The number of benzene rings is 1. The molecule has 82 valence electrons. The molecule has 0 fully saturated rings. The summed E-state index contributed by atoms with van der Waals surface area (Å²) in [4.78, 5) is 1.99. The monoisotopic (exact) mass is 222 g/mol. The molecule has 1 N–H and O–H groups in total. The van der Waals surface area contributed by atoms with Crippen LogP contribution in [0.1, 0.15) is 18.9 Å². The molecule has 2 nitrogen and oxygen atoms in total. The second-order valence-corrected chi connectivity index (χ2v) is 4.01. The molecular formula is C12H18N2S. The van der Waals surface area contributed by atoms with Gasteiger partial charge in [-0.3, -0.25) is 0 Å². The fraction of sp³-hybridized carbons (Fsp3) is 0.417. The van der Waals surface area contributed by atoms with E-state index in [1.807, 2.05) is 11.9 Å². The molecule has 0 radical (unpaired) electrons. The van der Waals surface area contributed by atoms with Gasteiger partial charge < -0.3 is 10.2 Å². The maximum atomic E-state index is 5.27. The first kappa shape index (κ1) is 12.0. The molecule has 0 saturated carbocycles. The molecule has 0 saturated heterocycles. The van der Waals surface area contributed by atoms with Gasteiger partial charge in [-0.2, -0.15) is 0 Å². The third-order valence-corrected chi connectivity index (χ3v) is 2.67. The van der Waals surface area contributed by atoms with Gasteiger partial charge in [-0.1, -0.05) is 24.6 Å². The lowest BCUT2D eigenvalue weighted by molar-refractivity contribution is 0.837. The fourth-order valence-electron chi connectivity index (χ4n) is 1.24. The number of nitrogens with zero attached hydrogens (tertiary/aromatic N) is 1. The minimum Gasteiger partial charge on any atom is -0.362 e. The minimum atomic E-state index is 0.778. The first-order valence-electron chi connectivity index (χ1n) is 5.23. The number of aryl methyl sites for hydroxylation is 1. The summed E-state index contributed by atoms with van der Waals surface area (Å²) in [6.07, 6.45) is 1.09. The van der Waals surface area contributed by atoms with Crippen LogP contribution in [-0.2, 0) is 0 Å². The van der Waals surface area contributed by atoms with Gasteiger partial charge in [-0.25, -0.2) is 0 Å². The summed E-state index contributed by atoms with van der Waals surface area (Å²) in [6.45, 7) is 5.13. The topological polar surface area (TPSA) is 15.3 Å². The Morgan fingerprint density at radius 1 is 1.33 bits per heavy atom. The first-order valence-corrected chi connectivity index (χ1v) is 5.64. The van der Waals surface area contributed by atoms with Crippen LogP contribution in [0.2, 0.25) is 0 Å². The van der Waals surface area contributed by atoms with Gasteiger partial charge >= 0.3 is 0 Å². The Kier molecular flexibility index (Phi) is 4.56. The predicted molar refractivity (Wildman–Crippen MR) is 70.5 cm³/mol. The van der Waals surface area contributed by atoms with E-state index in [4.69, 9.17) is 12.2 Å². The van der Waals surface area contributed by atoms with Crippen LogP contribution < -0.4 is 10.2 Å². The zero-order chi connectivity index (χ0) is 11.3. The van der Waals surface area contributed by atoms with Gasteiger partial charge in [0.1, 0.15) is 0 Å². The van der Waals surface area contributed by atoms with E-state index in [2.05, 4.69) is 43.4 Å². The van der Waals surface area contributed by atoms with Gasteiger partial charge in [-0.05, 0) is 37.7 Å². The maximum Gasteiger partial charge on any atom is 0.173 e. The average molecular weight is 222 g/mol. The van der Waals surface area contributed by atoms with Crippen molar-refractivity contribution in [1.29, 1.82) is 0 Å². The lowest BCUT2D eigenvalue weighted by atomic mass is 10.2. The van der Waals surface area contributed by atoms with Crippen molar-refractivity contribution in [3.8, 4) is 0 Å². The molecule has 0 unspecified atom stereocenters. The maximum absolute atomic E-state index is 5.27. The Balaban J connectivity index is 2.63. The van der Waals surface area contributed by atoms with Gasteiger partial charge in [0.25, 0.3) is 0 Å². The van der Waals surface area contributed by atoms with Crippen molar-refractivity contribution in [3.05, 3.63) is 29.8 Å². The molecule has 0 spiro atoms. The highest BCUT2D eigenvalue weighted by molar-refractivity contribution is 7.80. The summed E-state index contributed by atoms with van der Waals surface area (Å²) in [7, 11) is 1.98. The number of hydrogen-bond acceptors (Lipinski definition) is 1. The van der Waals surface area contributed by atoms with E-state index in [-0.39, 0.29) is 0 Å². The molecule has 1 aromatic carbocycles. The van der Waals surface area contributed by atoms with Crippen molar-refractivity contribution in [1.82, 2.24) is 5.32 Å². The molecule has 0 heterocycles. The van der Waals surface area contributed by atoms with Crippen molar-refractivity contribution in [2.24, 2.45) is 0 Å². The molecule has 15 heavy (non-hydrogen) atoms. The van der Waals surface area contributed by atoms with E-state index in [1.54, 1.807) is 0 Å². The number of thiocarbonyl (C=S) groups is 1. The lowest BCUT2D eigenvalue weighted by Crippen LogP contribution is -2.37. The quantitative estimate of drug-likeness (QED) is 0.792. The van der Waals surface area contributed by atoms with E-state index in [9.17, 15) is 0 Å². The number of hydrogen-bond donors (Lipinski definition) is 1. The van der Waals surface area contributed by atoms with Crippen molar-refractivity contribution in [2.75, 3.05) is 18.5 Å². The second-order valence-electron chi connectivity index (χ2n) is 3.63. The van der Waals surface area contributed by atoms with Crippen molar-refractivity contribution < 1.29 is 0 Å². The van der Waals surface area contributed by atoms with Crippen molar-refractivity contribution in [2.45, 2.75) is 20.3 Å². The third-order valence-electron chi connectivity index (χ3n) is 2.25. The summed E-state index contributed by atoms with van der Waals surface area (Å²) in [5, 5.41) is 3.98. The Labute approximate surface area is 97.3 Å². The average Bonchev–Trinajstić information content (AvgIpc) is 2.26. The fourth-order valence-corrected chi connectivity index (χ4v) is 1.44. The summed E-state index contributed by atoms with van der Waals surface area (Å²) < 4.78 is 0. The second kappa shape index (κ2) is 5.71. The molecule has 0 aliphatic carbocycles. The van der Waals surface area contributed by atoms with Crippen LogP contribution in [0.15, 0.2) is 24.3 Å². The molecule has 0 bridgehead atoms. The number of nitrogens with one attached hydrogen (secondary N) is 1. The summed E-state index contributed by atoms with van der Waals surface area (Å²) in [6, 6.07) is 8.34. The Bertz CT molecular complexity index is 319. The van der Waals surface area contributed by atoms with Crippen LogP contribution in [0.25, 0.3) is 0 Å². The highest BCUT2D eigenvalue weighted by Crippen LogP contribution is 2.13.